The molecule has 0 amide bonds. The van der Waals surface area contributed by atoms with Crippen LogP contribution in [0, 0.1) is 17.7 Å². The van der Waals surface area contributed by atoms with E-state index in [9.17, 15) is 14.0 Å². The second-order valence-electron chi connectivity index (χ2n) is 4.34. The Morgan fingerprint density at radius 2 is 1.78 bits per heavy atom. The third-order valence-electron chi connectivity index (χ3n) is 2.62. The summed E-state index contributed by atoms with van der Waals surface area (Å²) in [6.07, 6.45) is 0. The van der Waals surface area contributed by atoms with Crippen LogP contribution in [0.3, 0.4) is 0 Å². The van der Waals surface area contributed by atoms with Gasteiger partial charge in [0.05, 0.1) is 6.61 Å². The minimum absolute atomic E-state index is 0.165. The minimum atomic E-state index is -0.838. The molecule has 18 heavy (non-hydrogen) atoms. The summed E-state index contributed by atoms with van der Waals surface area (Å²) in [7, 11) is 0. The van der Waals surface area contributed by atoms with E-state index >= 15 is 0 Å². The van der Waals surface area contributed by atoms with E-state index in [0.717, 1.165) is 0 Å². The summed E-state index contributed by atoms with van der Waals surface area (Å²) in [6, 6.07) is 5.17. The van der Waals surface area contributed by atoms with E-state index in [-0.39, 0.29) is 18.3 Å². The summed E-state index contributed by atoms with van der Waals surface area (Å²) < 4.78 is 17.7. The van der Waals surface area contributed by atoms with Crippen LogP contribution in [0.15, 0.2) is 24.3 Å². The lowest BCUT2D eigenvalue weighted by atomic mass is 9.88. The van der Waals surface area contributed by atoms with Gasteiger partial charge >= 0.3 is 5.97 Å². The van der Waals surface area contributed by atoms with Crippen LogP contribution in [0.5, 0.6) is 0 Å². The number of hydrogen-bond donors (Lipinski definition) is 0. The van der Waals surface area contributed by atoms with Crippen molar-refractivity contribution in [2.45, 2.75) is 20.8 Å². The first kappa shape index (κ1) is 14.4. The zero-order valence-corrected chi connectivity index (χ0v) is 10.8. The van der Waals surface area contributed by atoms with Gasteiger partial charge < -0.3 is 4.74 Å². The van der Waals surface area contributed by atoms with Gasteiger partial charge in [-0.2, -0.15) is 0 Å². The van der Waals surface area contributed by atoms with E-state index in [1.807, 2.05) is 0 Å². The Hall–Kier alpha value is -1.71. The van der Waals surface area contributed by atoms with Crippen molar-refractivity contribution >= 4 is 11.8 Å². The lowest BCUT2D eigenvalue weighted by Crippen LogP contribution is -2.30. The van der Waals surface area contributed by atoms with Gasteiger partial charge in [-0.1, -0.05) is 13.8 Å². The molecular weight excluding hydrogens is 235 g/mol. The third kappa shape index (κ3) is 3.39. The topological polar surface area (TPSA) is 43.4 Å². The molecule has 0 aromatic heterocycles. The van der Waals surface area contributed by atoms with Crippen LogP contribution in [0.4, 0.5) is 4.39 Å². The van der Waals surface area contributed by atoms with Gasteiger partial charge in [-0.3, -0.25) is 9.59 Å². The molecule has 1 unspecified atom stereocenters. The summed E-state index contributed by atoms with van der Waals surface area (Å²) in [5.74, 6) is -2.27. The predicted octanol–water partition coefficient (Wildman–Crippen LogP) is 2.84. The molecule has 0 heterocycles. The number of Topliss-reactive ketones (excluding diaryl/α,β-unsaturated/α-hetero) is 1. The maximum atomic E-state index is 12.8. The molecule has 4 heteroatoms. The average molecular weight is 252 g/mol. The van der Waals surface area contributed by atoms with Crippen LogP contribution in [0.25, 0.3) is 0 Å². The molecule has 0 fully saturated rings. The Kier molecular flexibility index (Phi) is 5.01. The number of benzene rings is 1. The summed E-state index contributed by atoms with van der Waals surface area (Å²) in [4.78, 5) is 23.9. The lowest BCUT2D eigenvalue weighted by Gasteiger charge is -2.17. The molecule has 0 aliphatic rings. The number of hydrogen-bond acceptors (Lipinski definition) is 3. The Balaban J connectivity index is 2.96. The van der Waals surface area contributed by atoms with Crippen molar-refractivity contribution in [3.63, 3.8) is 0 Å². The molecule has 0 spiro atoms. The summed E-state index contributed by atoms with van der Waals surface area (Å²) >= 11 is 0. The quantitative estimate of drug-likeness (QED) is 0.460. The van der Waals surface area contributed by atoms with Gasteiger partial charge in [0.2, 0.25) is 0 Å². The molecule has 0 N–H and O–H groups in total. The molecular formula is C14H17FO3. The van der Waals surface area contributed by atoms with Crippen LogP contribution in [-0.4, -0.2) is 18.4 Å². The van der Waals surface area contributed by atoms with Gasteiger partial charge in [0.1, 0.15) is 11.7 Å². The molecule has 1 aromatic carbocycles. The van der Waals surface area contributed by atoms with Gasteiger partial charge in [-0.25, -0.2) is 4.39 Å². The highest BCUT2D eigenvalue weighted by Gasteiger charge is 2.31. The van der Waals surface area contributed by atoms with Crippen LogP contribution in [0.2, 0.25) is 0 Å². The van der Waals surface area contributed by atoms with Crippen molar-refractivity contribution in [2.24, 2.45) is 11.8 Å². The highest BCUT2D eigenvalue weighted by atomic mass is 19.1. The Bertz CT molecular complexity index is 423. The van der Waals surface area contributed by atoms with Crippen molar-refractivity contribution in [1.29, 1.82) is 0 Å². The Morgan fingerprint density at radius 3 is 2.22 bits per heavy atom. The predicted molar refractivity (Wildman–Crippen MR) is 65.7 cm³/mol. The zero-order valence-electron chi connectivity index (χ0n) is 10.8. The summed E-state index contributed by atoms with van der Waals surface area (Å²) in [6.45, 7) is 5.49. The van der Waals surface area contributed by atoms with Crippen molar-refractivity contribution in [2.75, 3.05) is 6.61 Å². The third-order valence-corrected chi connectivity index (χ3v) is 2.62. The fourth-order valence-corrected chi connectivity index (χ4v) is 1.71. The van der Waals surface area contributed by atoms with E-state index in [1.54, 1.807) is 20.8 Å². The second kappa shape index (κ2) is 6.28. The zero-order chi connectivity index (χ0) is 13.7. The molecule has 0 aliphatic carbocycles. The highest BCUT2D eigenvalue weighted by molar-refractivity contribution is 6.08. The van der Waals surface area contributed by atoms with E-state index in [0.29, 0.717) is 5.56 Å². The number of carbonyl (C=O) groups excluding carboxylic acids is 2. The molecule has 0 saturated heterocycles. The second-order valence-corrected chi connectivity index (χ2v) is 4.34. The van der Waals surface area contributed by atoms with Crippen molar-refractivity contribution in [1.82, 2.24) is 0 Å². The van der Waals surface area contributed by atoms with Crippen molar-refractivity contribution < 1.29 is 18.7 Å². The monoisotopic (exact) mass is 252 g/mol. The maximum absolute atomic E-state index is 12.8. The van der Waals surface area contributed by atoms with Crippen LogP contribution in [-0.2, 0) is 9.53 Å². The first-order chi connectivity index (χ1) is 8.47. The maximum Gasteiger partial charge on any atom is 0.317 e. The number of ether oxygens (including phenoxy) is 1. The van der Waals surface area contributed by atoms with Crippen LogP contribution in [0.1, 0.15) is 31.1 Å². The van der Waals surface area contributed by atoms with Gasteiger partial charge in [0, 0.05) is 5.56 Å². The van der Waals surface area contributed by atoms with E-state index in [1.165, 1.54) is 24.3 Å². The largest absolute Gasteiger partial charge is 0.465 e. The SMILES string of the molecule is CCOC(=O)C(C(=O)c1ccc(F)cc1)C(C)C. The van der Waals surface area contributed by atoms with E-state index in [2.05, 4.69) is 0 Å². The number of esters is 1. The fourth-order valence-electron chi connectivity index (χ4n) is 1.71. The van der Waals surface area contributed by atoms with Crippen LogP contribution >= 0.6 is 0 Å². The molecule has 1 atom stereocenters. The van der Waals surface area contributed by atoms with Gasteiger partial charge in [-0.05, 0) is 37.1 Å². The number of carbonyl (C=O) groups is 2. The fraction of sp³-hybridized carbons (Fsp3) is 0.429. The molecule has 0 bridgehead atoms. The number of halogens is 1. The molecule has 1 aromatic rings. The lowest BCUT2D eigenvalue weighted by molar-refractivity contribution is -0.147. The van der Waals surface area contributed by atoms with E-state index < -0.39 is 17.7 Å². The first-order valence-electron chi connectivity index (χ1n) is 5.93. The molecule has 0 saturated carbocycles. The molecule has 3 nitrogen and oxygen atoms in total. The summed E-state index contributed by atoms with van der Waals surface area (Å²) in [5, 5.41) is 0. The average Bonchev–Trinajstić information content (AvgIpc) is 2.29. The van der Waals surface area contributed by atoms with Gasteiger partial charge in [0.15, 0.2) is 5.78 Å². The molecule has 0 radical (unpaired) electrons. The number of rotatable bonds is 5. The van der Waals surface area contributed by atoms with Crippen molar-refractivity contribution in [3.05, 3.63) is 35.6 Å². The van der Waals surface area contributed by atoms with Gasteiger partial charge in [-0.15, -0.1) is 0 Å². The Labute approximate surface area is 106 Å². The molecule has 0 aliphatic heterocycles. The van der Waals surface area contributed by atoms with Gasteiger partial charge in [0.25, 0.3) is 0 Å². The smallest absolute Gasteiger partial charge is 0.317 e. The number of ketones is 1. The normalized spacial score (nSPS) is 12.3. The van der Waals surface area contributed by atoms with Crippen molar-refractivity contribution in [3.8, 4) is 0 Å². The molecule has 1 rings (SSSR count). The Morgan fingerprint density at radius 1 is 1.22 bits per heavy atom. The molecule has 98 valence electrons. The first-order valence-corrected chi connectivity index (χ1v) is 5.93. The standard InChI is InChI=1S/C14H17FO3/c1-4-18-14(17)12(9(2)3)13(16)10-5-7-11(15)8-6-10/h5-9,12H,4H2,1-3H3. The minimum Gasteiger partial charge on any atom is -0.465 e. The van der Waals surface area contributed by atoms with E-state index in [4.69, 9.17) is 4.74 Å². The highest BCUT2D eigenvalue weighted by Crippen LogP contribution is 2.19. The summed E-state index contributed by atoms with van der Waals surface area (Å²) in [5.41, 5.74) is 0.322. The van der Waals surface area contributed by atoms with Crippen LogP contribution < -0.4 is 0 Å².